The van der Waals surface area contributed by atoms with E-state index in [1.54, 1.807) is 23.1 Å². The molecular weight excluding hydrogens is 404 g/mol. The van der Waals surface area contributed by atoms with Gasteiger partial charge in [0.05, 0.1) is 11.6 Å². The first-order valence-electron chi connectivity index (χ1n) is 11.0. The van der Waals surface area contributed by atoms with Gasteiger partial charge in [-0.05, 0) is 55.4 Å². The second-order valence-electron chi connectivity index (χ2n) is 7.74. The normalized spacial score (nSPS) is 16.5. The molecule has 6 heteroatoms. The fourth-order valence-corrected chi connectivity index (χ4v) is 3.97. The lowest BCUT2D eigenvalue weighted by Gasteiger charge is -2.28. The summed E-state index contributed by atoms with van der Waals surface area (Å²) in [6.45, 7) is 7.24. The standard InChI is InChI=1S/C26H30N2O4/c1-3-27(4-2)17-8-18-28-24(20-12-14-21(29)15-13-20)23(25(31)26(28)32)22(30)16-11-19-9-6-5-7-10-19/h5-7,9-16,24,29,31H,3-4,8,17-18H2,1-2H3. The molecule has 0 bridgehead atoms. The fraction of sp³-hybridized carbons (Fsp3) is 0.308. The van der Waals surface area contributed by atoms with Gasteiger partial charge in [0.1, 0.15) is 5.75 Å². The number of benzene rings is 2. The van der Waals surface area contributed by atoms with E-state index < -0.39 is 23.5 Å². The van der Waals surface area contributed by atoms with Gasteiger partial charge in [0.2, 0.25) is 0 Å². The van der Waals surface area contributed by atoms with E-state index in [4.69, 9.17) is 0 Å². The number of amides is 1. The van der Waals surface area contributed by atoms with Crippen LogP contribution in [-0.4, -0.2) is 57.9 Å². The molecule has 2 N–H and O–H groups in total. The van der Waals surface area contributed by atoms with E-state index in [0.717, 1.165) is 31.6 Å². The molecule has 6 nitrogen and oxygen atoms in total. The highest BCUT2D eigenvalue weighted by Crippen LogP contribution is 2.38. The number of ketones is 1. The monoisotopic (exact) mass is 434 g/mol. The van der Waals surface area contributed by atoms with Crippen LogP contribution in [0.15, 0.2) is 72.0 Å². The van der Waals surface area contributed by atoms with Gasteiger partial charge in [0.25, 0.3) is 5.91 Å². The molecule has 168 valence electrons. The molecule has 0 spiro atoms. The third-order valence-electron chi connectivity index (χ3n) is 5.77. The van der Waals surface area contributed by atoms with Gasteiger partial charge in [0, 0.05) is 6.54 Å². The minimum atomic E-state index is -0.701. The van der Waals surface area contributed by atoms with E-state index in [9.17, 15) is 19.8 Å². The molecule has 0 fully saturated rings. The van der Waals surface area contributed by atoms with Crippen molar-refractivity contribution in [3.63, 3.8) is 0 Å². The average molecular weight is 435 g/mol. The summed E-state index contributed by atoms with van der Waals surface area (Å²) in [6, 6.07) is 15.1. The number of nitrogens with zero attached hydrogens (tertiary/aromatic N) is 2. The van der Waals surface area contributed by atoms with E-state index >= 15 is 0 Å². The Hall–Kier alpha value is -3.38. The summed E-state index contributed by atoms with van der Waals surface area (Å²) in [5.41, 5.74) is 1.58. The Labute approximate surface area is 189 Å². The van der Waals surface area contributed by atoms with Gasteiger partial charge in [-0.2, -0.15) is 0 Å². The van der Waals surface area contributed by atoms with Crippen LogP contribution in [0.1, 0.15) is 37.4 Å². The molecule has 1 amide bonds. The number of phenolic OH excluding ortho intramolecular Hbond substituents is 1. The predicted molar refractivity (Wildman–Crippen MR) is 125 cm³/mol. The summed E-state index contributed by atoms with van der Waals surface area (Å²) in [4.78, 5) is 29.9. The van der Waals surface area contributed by atoms with Crippen LogP contribution in [0.5, 0.6) is 5.75 Å². The minimum absolute atomic E-state index is 0.0655. The van der Waals surface area contributed by atoms with Crippen molar-refractivity contribution in [3.05, 3.63) is 83.1 Å². The van der Waals surface area contributed by atoms with Gasteiger partial charge in [-0.1, -0.05) is 62.4 Å². The molecule has 1 atom stereocenters. The Kier molecular flexibility index (Phi) is 7.84. The molecule has 1 unspecified atom stereocenters. The van der Waals surface area contributed by atoms with Crippen LogP contribution in [0.25, 0.3) is 6.08 Å². The van der Waals surface area contributed by atoms with Crippen molar-refractivity contribution >= 4 is 17.8 Å². The van der Waals surface area contributed by atoms with Crippen molar-refractivity contribution in [1.29, 1.82) is 0 Å². The Morgan fingerprint density at radius 3 is 2.31 bits per heavy atom. The van der Waals surface area contributed by atoms with Crippen LogP contribution in [0.2, 0.25) is 0 Å². The van der Waals surface area contributed by atoms with E-state index in [1.807, 2.05) is 30.3 Å². The number of aliphatic hydroxyl groups is 1. The maximum atomic E-state index is 13.1. The zero-order chi connectivity index (χ0) is 23.1. The molecular formula is C26H30N2O4. The second-order valence-corrected chi connectivity index (χ2v) is 7.74. The van der Waals surface area contributed by atoms with Crippen molar-refractivity contribution in [3.8, 4) is 5.75 Å². The van der Waals surface area contributed by atoms with Crippen LogP contribution in [0.4, 0.5) is 0 Å². The SMILES string of the molecule is CCN(CC)CCCN1C(=O)C(O)=C(C(=O)C=Cc2ccccc2)C1c1ccc(O)cc1. The topological polar surface area (TPSA) is 81.1 Å². The van der Waals surface area contributed by atoms with Crippen molar-refractivity contribution < 1.29 is 19.8 Å². The molecule has 0 radical (unpaired) electrons. The lowest BCUT2D eigenvalue weighted by atomic mass is 9.95. The zero-order valence-corrected chi connectivity index (χ0v) is 18.6. The molecule has 1 aliphatic heterocycles. The molecule has 1 aliphatic rings. The lowest BCUT2D eigenvalue weighted by molar-refractivity contribution is -0.129. The van der Waals surface area contributed by atoms with Crippen molar-refractivity contribution in [1.82, 2.24) is 9.80 Å². The summed E-state index contributed by atoms with van der Waals surface area (Å²) >= 11 is 0. The number of hydrogen-bond acceptors (Lipinski definition) is 5. The molecule has 2 aromatic rings. The highest BCUT2D eigenvalue weighted by molar-refractivity contribution is 6.14. The molecule has 1 heterocycles. The number of carbonyl (C=O) groups excluding carboxylic acids is 2. The first-order chi connectivity index (χ1) is 15.5. The maximum Gasteiger partial charge on any atom is 0.290 e. The maximum absolute atomic E-state index is 13.1. The number of allylic oxidation sites excluding steroid dienone is 1. The van der Waals surface area contributed by atoms with Crippen molar-refractivity contribution in [2.24, 2.45) is 0 Å². The van der Waals surface area contributed by atoms with E-state index in [1.165, 1.54) is 18.2 Å². The van der Waals surface area contributed by atoms with E-state index in [0.29, 0.717) is 12.1 Å². The highest BCUT2D eigenvalue weighted by atomic mass is 16.3. The van der Waals surface area contributed by atoms with Crippen LogP contribution in [0.3, 0.4) is 0 Å². The smallest absolute Gasteiger partial charge is 0.290 e. The number of carbonyl (C=O) groups is 2. The fourth-order valence-electron chi connectivity index (χ4n) is 3.97. The summed E-state index contributed by atoms with van der Waals surface area (Å²) in [7, 11) is 0. The Morgan fingerprint density at radius 1 is 1.03 bits per heavy atom. The third-order valence-corrected chi connectivity index (χ3v) is 5.77. The average Bonchev–Trinajstić information content (AvgIpc) is 3.06. The number of aromatic hydroxyl groups is 1. The van der Waals surface area contributed by atoms with Crippen molar-refractivity contribution in [2.45, 2.75) is 26.3 Å². The molecule has 3 rings (SSSR count). The van der Waals surface area contributed by atoms with E-state index in [-0.39, 0.29) is 11.3 Å². The summed E-state index contributed by atoms with van der Waals surface area (Å²) in [5.74, 6) is -1.37. The van der Waals surface area contributed by atoms with Gasteiger partial charge >= 0.3 is 0 Å². The number of phenols is 1. The van der Waals surface area contributed by atoms with E-state index in [2.05, 4.69) is 18.7 Å². The summed E-state index contributed by atoms with van der Waals surface area (Å²) in [5, 5.41) is 20.3. The Morgan fingerprint density at radius 2 is 1.69 bits per heavy atom. The molecule has 0 aromatic heterocycles. The second kappa shape index (κ2) is 10.8. The van der Waals surface area contributed by atoms with Gasteiger partial charge in [-0.3, -0.25) is 9.59 Å². The molecule has 32 heavy (non-hydrogen) atoms. The van der Waals surface area contributed by atoms with Crippen molar-refractivity contribution in [2.75, 3.05) is 26.2 Å². The molecule has 0 aliphatic carbocycles. The number of rotatable bonds is 10. The van der Waals surface area contributed by atoms with Gasteiger partial charge in [0.15, 0.2) is 11.5 Å². The first-order valence-corrected chi connectivity index (χ1v) is 11.0. The van der Waals surface area contributed by atoms with Crippen LogP contribution in [-0.2, 0) is 9.59 Å². The number of aliphatic hydroxyl groups excluding tert-OH is 1. The molecule has 0 saturated carbocycles. The zero-order valence-electron chi connectivity index (χ0n) is 18.6. The quantitative estimate of drug-likeness (QED) is 0.550. The van der Waals surface area contributed by atoms with Crippen LogP contribution >= 0.6 is 0 Å². The van der Waals surface area contributed by atoms with Gasteiger partial charge in [-0.15, -0.1) is 0 Å². The Balaban J connectivity index is 1.89. The van der Waals surface area contributed by atoms with Crippen LogP contribution in [0, 0.1) is 0 Å². The highest BCUT2D eigenvalue weighted by Gasteiger charge is 2.42. The lowest BCUT2D eigenvalue weighted by Crippen LogP contribution is -2.34. The summed E-state index contributed by atoms with van der Waals surface area (Å²) < 4.78 is 0. The third kappa shape index (κ3) is 5.26. The molecule has 0 saturated heterocycles. The number of hydrogen-bond donors (Lipinski definition) is 2. The first kappa shape index (κ1) is 23.3. The largest absolute Gasteiger partial charge is 0.508 e. The Bertz CT molecular complexity index is 992. The molecule has 2 aromatic carbocycles. The van der Waals surface area contributed by atoms with Gasteiger partial charge < -0.3 is 20.0 Å². The summed E-state index contributed by atoms with van der Waals surface area (Å²) in [6.07, 6.45) is 3.78. The van der Waals surface area contributed by atoms with Gasteiger partial charge in [-0.25, -0.2) is 0 Å². The van der Waals surface area contributed by atoms with Crippen LogP contribution < -0.4 is 0 Å². The predicted octanol–water partition coefficient (Wildman–Crippen LogP) is 4.10. The minimum Gasteiger partial charge on any atom is -0.508 e.